The van der Waals surface area contributed by atoms with Crippen LogP contribution in [0.3, 0.4) is 0 Å². The lowest BCUT2D eigenvalue weighted by atomic mass is 9.92. The van der Waals surface area contributed by atoms with Gasteiger partial charge in [-0.15, -0.1) is 0 Å². The molecular weight excluding hydrogens is 420 g/mol. The van der Waals surface area contributed by atoms with Crippen LogP contribution < -0.4 is 14.4 Å². The summed E-state index contributed by atoms with van der Waals surface area (Å²) in [7, 11) is 3.32. The lowest BCUT2D eigenvalue weighted by Gasteiger charge is -2.37. The number of anilines is 2. The van der Waals surface area contributed by atoms with Gasteiger partial charge in [-0.1, -0.05) is 36.0 Å². The Hall–Kier alpha value is -2.96. The van der Waals surface area contributed by atoms with Crippen molar-refractivity contribution < 1.29 is 14.3 Å². The number of para-hydroxylation sites is 2. The molecule has 0 fully saturated rings. The molecule has 0 radical (unpaired) electrons. The Morgan fingerprint density at radius 1 is 0.969 bits per heavy atom. The zero-order chi connectivity index (χ0) is 22.2. The van der Waals surface area contributed by atoms with Crippen molar-refractivity contribution in [3.05, 3.63) is 71.8 Å². The monoisotopic (exact) mass is 446 g/mol. The second-order valence-corrected chi connectivity index (χ2v) is 9.15. The molecule has 32 heavy (non-hydrogen) atoms. The molecule has 0 bridgehead atoms. The van der Waals surface area contributed by atoms with E-state index in [0.717, 1.165) is 45.6 Å². The van der Waals surface area contributed by atoms with Crippen molar-refractivity contribution in [2.24, 2.45) is 0 Å². The second kappa shape index (κ2) is 8.52. The fraction of sp³-hybridized carbons (Fsp3) is 0.269. The van der Waals surface area contributed by atoms with Gasteiger partial charge >= 0.3 is 0 Å². The fourth-order valence-corrected chi connectivity index (χ4v) is 5.69. The SMILES string of the molecule is COc1cc2c(cc1OC)[C@H](C)N(CC(=O)N1c3ccccc3Sc3ccccc31)CC2. The van der Waals surface area contributed by atoms with Crippen molar-refractivity contribution in [1.29, 1.82) is 0 Å². The lowest BCUT2D eigenvalue weighted by molar-refractivity contribution is -0.119. The van der Waals surface area contributed by atoms with E-state index in [2.05, 4.69) is 36.1 Å². The van der Waals surface area contributed by atoms with E-state index in [-0.39, 0.29) is 11.9 Å². The minimum Gasteiger partial charge on any atom is -0.493 e. The van der Waals surface area contributed by atoms with Crippen molar-refractivity contribution in [3.8, 4) is 11.5 Å². The molecule has 1 amide bonds. The molecule has 0 aliphatic carbocycles. The molecule has 0 spiro atoms. The van der Waals surface area contributed by atoms with E-state index < -0.39 is 0 Å². The predicted octanol–water partition coefficient (Wildman–Crippen LogP) is 5.45. The largest absolute Gasteiger partial charge is 0.493 e. The van der Waals surface area contributed by atoms with Gasteiger partial charge in [0.05, 0.1) is 32.1 Å². The van der Waals surface area contributed by atoms with Gasteiger partial charge < -0.3 is 9.47 Å². The smallest absolute Gasteiger partial charge is 0.245 e. The third kappa shape index (κ3) is 3.53. The van der Waals surface area contributed by atoms with Crippen LogP contribution in [0.1, 0.15) is 24.1 Å². The molecule has 1 atom stereocenters. The summed E-state index contributed by atoms with van der Waals surface area (Å²) >= 11 is 1.72. The number of methoxy groups -OCH3 is 2. The van der Waals surface area contributed by atoms with E-state index in [1.165, 1.54) is 11.1 Å². The first-order chi connectivity index (χ1) is 15.6. The number of rotatable bonds is 4. The van der Waals surface area contributed by atoms with Crippen LogP contribution in [-0.2, 0) is 11.2 Å². The van der Waals surface area contributed by atoms with Crippen LogP contribution in [0.2, 0.25) is 0 Å². The molecule has 0 aromatic heterocycles. The van der Waals surface area contributed by atoms with E-state index >= 15 is 0 Å². The van der Waals surface area contributed by atoms with Crippen LogP contribution in [-0.4, -0.2) is 38.1 Å². The lowest BCUT2D eigenvalue weighted by Crippen LogP contribution is -2.43. The number of fused-ring (bicyclic) bond motifs is 3. The van der Waals surface area contributed by atoms with Gasteiger partial charge in [0, 0.05) is 22.4 Å². The summed E-state index contributed by atoms with van der Waals surface area (Å²) in [5.74, 6) is 1.56. The van der Waals surface area contributed by atoms with E-state index in [1.54, 1.807) is 26.0 Å². The summed E-state index contributed by atoms with van der Waals surface area (Å²) in [6.45, 7) is 3.33. The molecule has 3 aromatic rings. The maximum Gasteiger partial charge on any atom is 0.245 e. The van der Waals surface area contributed by atoms with Crippen molar-refractivity contribution in [2.75, 3.05) is 32.2 Å². The second-order valence-electron chi connectivity index (χ2n) is 8.07. The fourth-order valence-electron chi connectivity index (χ4n) is 4.63. The zero-order valence-corrected chi connectivity index (χ0v) is 19.3. The average molecular weight is 447 g/mol. The Bertz CT molecular complexity index is 1130. The van der Waals surface area contributed by atoms with Crippen molar-refractivity contribution in [1.82, 2.24) is 4.90 Å². The van der Waals surface area contributed by atoms with Crippen LogP contribution in [0.4, 0.5) is 11.4 Å². The van der Waals surface area contributed by atoms with Gasteiger partial charge in [-0.25, -0.2) is 0 Å². The van der Waals surface area contributed by atoms with Crippen molar-refractivity contribution in [2.45, 2.75) is 29.2 Å². The summed E-state index contributed by atoms with van der Waals surface area (Å²) in [4.78, 5) is 20.1. The van der Waals surface area contributed by atoms with Gasteiger partial charge in [0.2, 0.25) is 5.91 Å². The Labute approximate surface area is 192 Å². The quantitative estimate of drug-likeness (QED) is 0.533. The Morgan fingerprint density at radius 2 is 1.56 bits per heavy atom. The highest BCUT2D eigenvalue weighted by Gasteiger charge is 2.32. The molecule has 0 unspecified atom stereocenters. The molecular formula is C26H26N2O3S. The van der Waals surface area contributed by atoms with E-state index in [4.69, 9.17) is 9.47 Å². The molecule has 3 aromatic carbocycles. The summed E-state index contributed by atoms with van der Waals surface area (Å²) in [5.41, 5.74) is 4.36. The van der Waals surface area contributed by atoms with E-state index in [9.17, 15) is 4.79 Å². The first kappa shape index (κ1) is 20.9. The first-order valence-corrected chi connectivity index (χ1v) is 11.6. The summed E-state index contributed by atoms with van der Waals surface area (Å²) in [5, 5.41) is 0. The third-order valence-electron chi connectivity index (χ3n) is 6.33. The highest BCUT2D eigenvalue weighted by atomic mass is 32.2. The molecule has 5 nitrogen and oxygen atoms in total. The van der Waals surface area contributed by atoms with Crippen LogP contribution in [0.15, 0.2) is 70.5 Å². The minimum absolute atomic E-state index is 0.0842. The van der Waals surface area contributed by atoms with E-state index in [1.807, 2.05) is 41.3 Å². The maximum absolute atomic E-state index is 13.7. The van der Waals surface area contributed by atoms with Gasteiger partial charge in [-0.05, 0) is 60.9 Å². The molecule has 2 aliphatic heterocycles. The van der Waals surface area contributed by atoms with Crippen molar-refractivity contribution in [3.63, 3.8) is 0 Å². The molecule has 5 rings (SSSR count). The summed E-state index contributed by atoms with van der Waals surface area (Å²) in [6.07, 6.45) is 0.871. The van der Waals surface area contributed by atoms with Gasteiger partial charge in [0.15, 0.2) is 11.5 Å². The number of ether oxygens (including phenoxy) is 2. The van der Waals surface area contributed by atoms with Gasteiger partial charge in [0.25, 0.3) is 0 Å². The topological polar surface area (TPSA) is 42.0 Å². The van der Waals surface area contributed by atoms with Crippen LogP contribution in [0.5, 0.6) is 11.5 Å². The summed E-state index contributed by atoms with van der Waals surface area (Å²) in [6, 6.07) is 20.5. The number of nitrogens with zero attached hydrogens (tertiary/aromatic N) is 2. The standard InChI is InChI=1S/C26H26N2O3S/c1-17-19-15-23(31-3)22(30-2)14-18(19)12-13-27(17)16-26(29)28-20-8-4-6-10-24(20)32-25-11-7-5-9-21(25)28/h4-11,14-15,17H,12-13,16H2,1-3H3/t17-/m0/s1. The van der Waals surface area contributed by atoms with Gasteiger partial charge in [-0.2, -0.15) is 0 Å². The zero-order valence-electron chi connectivity index (χ0n) is 18.5. The normalized spacial score (nSPS) is 17.2. The number of hydrogen-bond donors (Lipinski definition) is 0. The summed E-state index contributed by atoms with van der Waals surface area (Å²) < 4.78 is 11.0. The molecule has 0 N–H and O–H groups in total. The number of carbonyl (C=O) groups is 1. The number of benzene rings is 3. The maximum atomic E-state index is 13.7. The molecule has 2 aliphatic rings. The minimum atomic E-state index is 0.0842. The number of hydrogen-bond acceptors (Lipinski definition) is 5. The molecule has 2 heterocycles. The van der Waals surface area contributed by atoms with Gasteiger partial charge in [-0.3, -0.25) is 14.6 Å². The van der Waals surface area contributed by atoms with E-state index in [0.29, 0.717) is 6.54 Å². The molecule has 0 saturated heterocycles. The highest BCUT2D eigenvalue weighted by Crippen LogP contribution is 2.48. The molecule has 0 saturated carbocycles. The number of carbonyl (C=O) groups excluding carboxylic acids is 1. The first-order valence-electron chi connectivity index (χ1n) is 10.8. The predicted molar refractivity (Wildman–Crippen MR) is 127 cm³/mol. The van der Waals surface area contributed by atoms with Gasteiger partial charge in [0.1, 0.15) is 0 Å². The molecule has 164 valence electrons. The molecule has 6 heteroatoms. The Morgan fingerprint density at radius 3 is 2.19 bits per heavy atom. The third-order valence-corrected chi connectivity index (χ3v) is 7.46. The number of amides is 1. The Balaban J connectivity index is 1.44. The van der Waals surface area contributed by atoms with Crippen LogP contribution in [0.25, 0.3) is 0 Å². The average Bonchev–Trinajstić information content (AvgIpc) is 2.83. The van der Waals surface area contributed by atoms with Crippen molar-refractivity contribution >= 4 is 29.0 Å². The van der Waals surface area contributed by atoms with Crippen LogP contribution >= 0.6 is 11.8 Å². The van der Waals surface area contributed by atoms with Crippen LogP contribution in [0, 0.1) is 0 Å². The Kier molecular flexibility index (Phi) is 5.57. The highest BCUT2D eigenvalue weighted by molar-refractivity contribution is 7.99.